The van der Waals surface area contributed by atoms with Crippen molar-refractivity contribution >= 4 is 38.6 Å². The molecule has 8 nitrogen and oxygen atoms in total. The summed E-state index contributed by atoms with van der Waals surface area (Å²) in [6, 6.07) is 3.46. The number of carbonyl (C=O) groups is 1. The molecule has 0 amide bonds. The van der Waals surface area contributed by atoms with Gasteiger partial charge in [0.2, 0.25) is 0 Å². The number of thiophene rings is 1. The summed E-state index contributed by atoms with van der Waals surface area (Å²) in [5, 5.41) is 12.9. The number of H-pyrrole nitrogens is 1. The molecule has 0 aliphatic carbocycles. The number of hydrogen-bond acceptors (Lipinski definition) is 6. The molecule has 0 aliphatic rings. The Balaban J connectivity index is 0.00000240. The Kier molecular flexibility index (Phi) is 5.86. The second kappa shape index (κ2) is 7.91. The Bertz CT molecular complexity index is 1360. The third kappa shape index (κ3) is 3.38. The molecular weight excluding hydrogens is 403 g/mol. The first-order chi connectivity index (χ1) is 13.3. The van der Waals surface area contributed by atoms with Crippen molar-refractivity contribution in [3.05, 3.63) is 61.4 Å². The van der Waals surface area contributed by atoms with Crippen molar-refractivity contribution in [2.45, 2.75) is 26.3 Å². The predicted octanol–water partition coefficient (Wildman–Crippen LogP) is -1.82. The van der Waals surface area contributed by atoms with Crippen LogP contribution in [0.1, 0.15) is 40.7 Å². The number of aromatic amines is 1. The van der Waals surface area contributed by atoms with Gasteiger partial charge in [-0.2, -0.15) is 0 Å². The van der Waals surface area contributed by atoms with Crippen molar-refractivity contribution < 1.29 is 39.5 Å². The fourth-order valence-corrected chi connectivity index (χ4v) is 4.89. The van der Waals surface area contributed by atoms with Crippen molar-refractivity contribution in [1.82, 2.24) is 19.1 Å². The van der Waals surface area contributed by atoms with Gasteiger partial charge in [0, 0.05) is 47.7 Å². The third-order valence-electron chi connectivity index (χ3n) is 4.80. The molecule has 4 rings (SSSR count). The zero-order valence-corrected chi connectivity index (χ0v) is 19.3. The Morgan fingerprint density at radius 3 is 2.72 bits per heavy atom. The molecule has 0 fully saturated rings. The molecule has 4 aromatic rings. The molecule has 144 valence electrons. The van der Waals surface area contributed by atoms with Crippen LogP contribution in [0.5, 0.6) is 0 Å². The van der Waals surface area contributed by atoms with Gasteiger partial charge in [0.25, 0.3) is 5.56 Å². The van der Waals surface area contributed by atoms with E-state index in [9.17, 15) is 19.5 Å². The summed E-state index contributed by atoms with van der Waals surface area (Å²) < 4.78 is 2.40. The minimum Gasteiger partial charge on any atom is -0.545 e. The van der Waals surface area contributed by atoms with E-state index in [1.165, 1.54) is 11.6 Å². The molecule has 10 heteroatoms. The van der Waals surface area contributed by atoms with Crippen LogP contribution in [0.4, 0.5) is 0 Å². The van der Waals surface area contributed by atoms with Crippen LogP contribution in [0.25, 0.3) is 21.3 Å². The average Bonchev–Trinajstić information content (AvgIpc) is 3.22. The van der Waals surface area contributed by atoms with Crippen LogP contribution in [-0.2, 0) is 13.5 Å². The Morgan fingerprint density at radius 1 is 1.34 bits per heavy atom. The molecule has 0 spiro atoms. The van der Waals surface area contributed by atoms with E-state index in [2.05, 4.69) is 9.97 Å². The number of fused-ring (bicyclic) bond motifs is 2. The number of pyridine rings is 1. The van der Waals surface area contributed by atoms with Crippen LogP contribution in [0.2, 0.25) is 0 Å². The first kappa shape index (κ1) is 21.5. The van der Waals surface area contributed by atoms with Gasteiger partial charge >= 0.3 is 35.2 Å². The van der Waals surface area contributed by atoms with Crippen LogP contribution >= 0.6 is 11.3 Å². The summed E-state index contributed by atoms with van der Waals surface area (Å²) in [4.78, 5) is 45.4. The van der Waals surface area contributed by atoms with Crippen molar-refractivity contribution in [1.29, 1.82) is 0 Å². The summed E-state index contributed by atoms with van der Waals surface area (Å²) in [7, 11) is 1.35. The normalized spacial score (nSPS) is 11.3. The van der Waals surface area contributed by atoms with Crippen LogP contribution in [0.15, 0.2) is 34.1 Å². The van der Waals surface area contributed by atoms with Crippen molar-refractivity contribution in [3.8, 4) is 0 Å². The van der Waals surface area contributed by atoms with E-state index in [0.717, 1.165) is 26.9 Å². The number of carboxylic acid groups (broad SMARTS) is 1. The zero-order valence-electron chi connectivity index (χ0n) is 16.5. The summed E-state index contributed by atoms with van der Waals surface area (Å²) in [5.74, 6) is -1.43. The minimum atomic E-state index is -1.43. The van der Waals surface area contributed by atoms with Gasteiger partial charge in [0.1, 0.15) is 10.5 Å². The molecule has 4 heterocycles. The topological polar surface area (TPSA) is 113 Å². The van der Waals surface area contributed by atoms with E-state index in [0.29, 0.717) is 15.4 Å². The molecule has 0 saturated heterocycles. The first-order valence-electron chi connectivity index (χ1n) is 8.70. The Morgan fingerprint density at radius 2 is 2.07 bits per heavy atom. The van der Waals surface area contributed by atoms with Crippen molar-refractivity contribution in [3.63, 3.8) is 0 Å². The Labute approximate surface area is 191 Å². The summed E-state index contributed by atoms with van der Waals surface area (Å²) in [5.41, 5.74) is 0.310. The van der Waals surface area contributed by atoms with E-state index in [-0.39, 0.29) is 53.0 Å². The predicted molar refractivity (Wildman–Crippen MR) is 105 cm³/mol. The van der Waals surface area contributed by atoms with Gasteiger partial charge in [-0.25, -0.2) is 9.78 Å². The third-order valence-corrected chi connectivity index (χ3v) is 5.99. The molecule has 4 aromatic heterocycles. The number of carbonyl (C=O) groups excluding carboxylic acids is 1. The van der Waals surface area contributed by atoms with Crippen LogP contribution < -0.4 is 45.9 Å². The van der Waals surface area contributed by atoms with E-state index >= 15 is 0 Å². The zero-order chi connectivity index (χ0) is 20.2. The van der Waals surface area contributed by atoms with Gasteiger partial charge in [0.15, 0.2) is 0 Å². The summed E-state index contributed by atoms with van der Waals surface area (Å²) >= 11 is 1.15. The van der Waals surface area contributed by atoms with Gasteiger partial charge in [-0.15, -0.1) is 11.3 Å². The van der Waals surface area contributed by atoms with E-state index in [4.69, 9.17) is 0 Å². The number of rotatable bonds is 4. The maximum atomic E-state index is 12.7. The SMILES string of the molecule is CC(C)n1c(=O)n(C)c(=O)c2c(C(=O)[O-])c(Cc3c[nH]c4ncccc34)sc21.[Na+]. The second-order valence-corrected chi connectivity index (χ2v) is 7.95. The summed E-state index contributed by atoms with van der Waals surface area (Å²) in [6.45, 7) is 3.63. The largest absolute Gasteiger partial charge is 1.00 e. The van der Waals surface area contributed by atoms with Gasteiger partial charge in [-0.3, -0.25) is 13.9 Å². The maximum Gasteiger partial charge on any atom is 1.00 e. The molecule has 0 radical (unpaired) electrons. The smallest absolute Gasteiger partial charge is 0.545 e. The summed E-state index contributed by atoms with van der Waals surface area (Å²) in [6.07, 6.45) is 3.72. The quantitative estimate of drug-likeness (QED) is 0.391. The molecule has 0 aliphatic heterocycles. The average molecular weight is 420 g/mol. The molecule has 29 heavy (non-hydrogen) atoms. The van der Waals surface area contributed by atoms with E-state index < -0.39 is 17.2 Å². The molecule has 0 saturated carbocycles. The Hall–Kier alpha value is -2.20. The second-order valence-electron chi connectivity index (χ2n) is 6.87. The fraction of sp³-hybridized carbons (Fsp3) is 0.263. The van der Waals surface area contributed by atoms with Gasteiger partial charge in [-0.1, -0.05) is 0 Å². The van der Waals surface area contributed by atoms with E-state index in [1.54, 1.807) is 18.5 Å². The van der Waals surface area contributed by atoms with Crippen molar-refractivity contribution in [2.24, 2.45) is 7.05 Å². The number of carboxylic acids is 1. The van der Waals surface area contributed by atoms with Crippen LogP contribution in [0.3, 0.4) is 0 Å². The maximum absolute atomic E-state index is 12.7. The minimum absolute atomic E-state index is 0. The monoisotopic (exact) mass is 420 g/mol. The number of aromatic carboxylic acids is 1. The number of nitrogens with one attached hydrogen (secondary N) is 1. The number of hydrogen-bond donors (Lipinski definition) is 1. The van der Waals surface area contributed by atoms with Crippen molar-refractivity contribution in [2.75, 3.05) is 0 Å². The molecule has 0 atom stereocenters. The molecule has 0 aromatic carbocycles. The fourth-order valence-electron chi connectivity index (χ4n) is 3.46. The standard InChI is InChI=1S/C19H18N4O4S.Na/c1-9(2)23-17-14(16(24)22(3)19(23)27)13(18(25)26)12(28-17)7-10-8-21-15-11(10)5-4-6-20-15;/h4-6,8-9H,7H2,1-3H3,(H,20,21)(H,25,26);/q;+1/p-1. The molecule has 1 N–H and O–H groups in total. The van der Waals surface area contributed by atoms with Gasteiger partial charge in [-0.05, 0) is 31.5 Å². The van der Waals surface area contributed by atoms with E-state index in [1.807, 2.05) is 19.9 Å². The van der Waals surface area contributed by atoms with Gasteiger partial charge in [0.05, 0.1) is 11.4 Å². The first-order valence-corrected chi connectivity index (χ1v) is 9.52. The number of aromatic nitrogens is 4. The van der Waals surface area contributed by atoms with Crippen LogP contribution in [-0.4, -0.2) is 25.1 Å². The van der Waals surface area contributed by atoms with Gasteiger partial charge < -0.3 is 14.9 Å². The molecule has 0 unspecified atom stereocenters. The molecular formula is C19H17N4NaO4S. The van der Waals surface area contributed by atoms with Crippen LogP contribution in [0, 0.1) is 0 Å². The molecule has 0 bridgehead atoms. The number of nitrogens with zero attached hydrogens (tertiary/aromatic N) is 3.